The zero-order valence-electron chi connectivity index (χ0n) is 15.4. The van der Waals surface area contributed by atoms with Gasteiger partial charge >= 0.3 is 7.60 Å². The van der Waals surface area contributed by atoms with Gasteiger partial charge in [0.05, 0.1) is 13.2 Å². The third-order valence-corrected chi connectivity index (χ3v) is 7.81. The molecular formula is C19H20Cl2NO4PS. The van der Waals surface area contributed by atoms with Gasteiger partial charge in [0.15, 0.2) is 6.10 Å². The number of rotatable bonds is 7. The molecule has 2 aromatic rings. The van der Waals surface area contributed by atoms with Crippen LogP contribution < -0.4 is 5.32 Å². The Kier molecular flexibility index (Phi) is 6.70. The Labute approximate surface area is 179 Å². The molecule has 28 heavy (non-hydrogen) atoms. The van der Waals surface area contributed by atoms with Crippen LogP contribution in [0.2, 0.25) is 10.0 Å². The van der Waals surface area contributed by atoms with Crippen molar-refractivity contribution in [3.63, 3.8) is 0 Å². The smallest absolute Gasteiger partial charge is 0.364 e. The van der Waals surface area contributed by atoms with Gasteiger partial charge in [-0.25, -0.2) is 0 Å². The summed E-state index contributed by atoms with van der Waals surface area (Å²) in [5, 5.41) is 2.61. The zero-order valence-corrected chi connectivity index (χ0v) is 18.6. The lowest BCUT2D eigenvalue weighted by atomic mass is 9.95. The van der Waals surface area contributed by atoms with Gasteiger partial charge < -0.3 is 19.1 Å². The second kappa shape index (κ2) is 8.70. The van der Waals surface area contributed by atoms with Crippen LogP contribution >= 0.6 is 43.0 Å². The van der Waals surface area contributed by atoms with Crippen LogP contribution in [-0.2, 0) is 23.6 Å². The molecule has 2 atom stereocenters. The van der Waals surface area contributed by atoms with E-state index in [1.54, 1.807) is 32.0 Å². The Morgan fingerprint density at radius 2 is 1.79 bits per heavy atom. The maximum atomic E-state index is 14.1. The fraction of sp³-hybridized carbons (Fsp3) is 0.316. The molecular weight excluding hydrogens is 440 g/mol. The number of hydrogen-bond donors (Lipinski definition) is 1. The van der Waals surface area contributed by atoms with E-state index in [-0.39, 0.29) is 18.4 Å². The van der Waals surface area contributed by atoms with Gasteiger partial charge in [-0.05, 0) is 43.8 Å². The van der Waals surface area contributed by atoms with E-state index in [4.69, 9.17) is 49.2 Å². The maximum Gasteiger partial charge on any atom is 0.364 e. The molecule has 1 heterocycles. The molecule has 0 unspecified atom stereocenters. The van der Waals surface area contributed by atoms with E-state index in [1.165, 1.54) is 0 Å². The summed E-state index contributed by atoms with van der Waals surface area (Å²) in [6.45, 7) is 3.87. The molecule has 9 heteroatoms. The number of nitrogens with one attached hydrogen (secondary N) is 1. The first kappa shape index (κ1) is 21.6. The highest BCUT2D eigenvalue weighted by molar-refractivity contribution is 7.80. The van der Waals surface area contributed by atoms with Crippen molar-refractivity contribution in [2.24, 2.45) is 0 Å². The third kappa shape index (κ3) is 3.70. The van der Waals surface area contributed by atoms with Gasteiger partial charge in [0.2, 0.25) is 5.28 Å². The minimum absolute atomic E-state index is 0.0829. The van der Waals surface area contributed by atoms with Crippen molar-refractivity contribution in [3.8, 4) is 0 Å². The molecule has 1 aliphatic rings. The molecule has 1 N–H and O–H groups in total. The fourth-order valence-electron chi connectivity index (χ4n) is 3.31. The number of thiocarbonyl (C=S) groups is 1. The molecule has 0 bridgehead atoms. The monoisotopic (exact) mass is 459 g/mol. The van der Waals surface area contributed by atoms with E-state index >= 15 is 0 Å². The minimum atomic E-state index is -3.83. The first-order chi connectivity index (χ1) is 13.4. The average Bonchev–Trinajstić information content (AvgIpc) is 3.01. The quantitative estimate of drug-likeness (QED) is 0.401. The highest BCUT2D eigenvalue weighted by Gasteiger charge is 2.64. The summed E-state index contributed by atoms with van der Waals surface area (Å²) in [6, 6.07) is 14.2. The Morgan fingerprint density at radius 1 is 1.14 bits per heavy atom. The first-order valence-electron chi connectivity index (χ1n) is 8.76. The summed E-state index contributed by atoms with van der Waals surface area (Å²) < 4.78 is 31.5. The van der Waals surface area contributed by atoms with Crippen LogP contribution in [0.15, 0.2) is 48.5 Å². The standard InChI is InChI=1S/C19H20Cl2NO4PS/c1-3-24-27(23,25-4-2)19(13-8-6-5-7-9-13)17(26-18(28)22-19)15-11-10-14(20)12-16(15)21/h5-12,17H,3-4H2,1-2H3,(H,22,28)/t17-,19-/m1/s1. The SMILES string of the molecule is CCOP(=O)(OCC)[C@@]1(c2ccccc2)NC(=S)O[C@@H]1c1ccc(Cl)cc1Cl. The normalized spacial score (nSPS) is 22.0. The summed E-state index contributed by atoms with van der Waals surface area (Å²) in [5.74, 6) is 0. The molecule has 0 aromatic heterocycles. The van der Waals surface area contributed by atoms with Gasteiger partial charge in [0.25, 0.3) is 5.17 Å². The van der Waals surface area contributed by atoms with Crippen LogP contribution in [0.1, 0.15) is 31.1 Å². The number of hydrogen-bond acceptors (Lipinski definition) is 5. The van der Waals surface area contributed by atoms with Crippen LogP contribution in [0.5, 0.6) is 0 Å². The van der Waals surface area contributed by atoms with Gasteiger partial charge in [-0.3, -0.25) is 4.57 Å². The number of ether oxygens (including phenoxy) is 1. The molecule has 5 nitrogen and oxygen atoms in total. The summed E-state index contributed by atoms with van der Waals surface area (Å²) >= 11 is 17.8. The molecule has 3 rings (SSSR count). The maximum absolute atomic E-state index is 14.1. The van der Waals surface area contributed by atoms with Gasteiger partial charge in [-0.2, -0.15) is 0 Å². The van der Waals surface area contributed by atoms with Crippen LogP contribution in [-0.4, -0.2) is 18.4 Å². The van der Waals surface area contributed by atoms with Crippen LogP contribution in [0.25, 0.3) is 0 Å². The minimum Gasteiger partial charge on any atom is -0.459 e. The fourth-order valence-corrected chi connectivity index (χ4v) is 6.50. The average molecular weight is 460 g/mol. The van der Waals surface area contributed by atoms with Gasteiger partial charge in [0, 0.05) is 15.6 Å². The predicted octanol–water partition coefficient (Wildman–Crippen LogP) is 6.06. The number of halogens is 2. The Balaban J connectivity index is 2.30. The lowest BCUT2D eigenvalue weighted by molar-refractivity contribution is 0.136. The second-order valence-corrected chi connectivity index (χ2v) is 9.47. The second-order valence-electron chi connectivity index (χ2n) is 6.04. The largest absolute Gasteiger partial charge is 0.459 e. The van der Waals surface area contributed by atoms with Crippen molar-refractivity contribution in [1.29, 1.82) is 0 Å². The van der Waals surface area contributed by atoms with Crippen molar-refractivity contribution in [2.75, 3.05) is 13.2 Å². The van der Waals surface area contributed by atoms with Crippen molar-refractivity contribution < 1.29 is 18.3 Å². The van der Waals surface area contributed by atoms with Crippen molar-refractivity contribution >= 4 is 48.2 Å². The highest BCUT2D eigenvalue weighted by atomic mass is 35.5. The summed E-state index contributed by atoms with van der Waals surface area (Å²) in [4.78, 5) is 0. The highest BCUT2D eigenvalue weighted by Crippen LogP contribution is 2.70. The van der Waals surface area contributed by atoms with Gasteiger partial charge in [0.1, 0.15) is 0 Å². The van der Waals surface area contributed by atoms with Crippen molar-refractivity contribution in [1.82, 2.24) is 5.32 Å². The topological polar surface area (TPSA) is 56.8 Å². The van der Waals surface area contributed by atoms with Crippen LogP contribution in [0, 0.1) is 0 Å². The lowest BCUT2D eigenvalue weighted by Gasteiger charge is -2.38. The van der Waals surface area contributed by atoms with Gasteiger partial charge in [-0.1, -0.05) is 59.6 Å². The van der Waals surface area contributed by atoms with Gasteiger partial charge in [-0.15, -0.1) is 0 Å². The summed E-state index contributed by atoms with van der Waals surface area (Å²) in [5.41, 5.74) is 1.22. The molecule has 1 fully saturated rings. The third-order valence-electron chi connectivity index (χ3n) is 4.39. The Hall–Kier alpha value is -1.14. The molecule has 1 aliphatic heterocycles. The van der Waals surface area contributed by atoms with E-state index in [0.717, 1.165) is 0 Å². The molecule has 0 saturated carbocycles. The molecule has 0 spiro atoms. The Morgan fingerprint density at radius 3 is 2.36 bits per heavy atom. The summed E-state index contributed by atoms with van der Waals surface area (Å²) in [7, 11) is -3.83. The molecule has 2 aromatic carbocycles. The molecule has 1 saturated heterocycles. The predicted molar refractivity (Wildman–Crippen MR) is 115 cm³/mol. The zero-order chi connectivity index (χ0) is 20.4. The van der Waals surface area contributed by atoms with Crippen LogP contribution in [0.4, 0.5) is 0 Å². The van der Waals surface area contributed by atoms with E-state index in [2.05, 4.69) is 5.32 Å². The van der Waals surface area contributed by atoms with E-state index in [1.807, 2.05) is 30.3 Å². The Bertz CT molecular complexity index is 904. The molecule has 0 radical (unpaired) electrons. The molecule has 0 aliphatic carbocycles. The first-order valence-corrected chi connectivity index (χ1v) is 11.5. The van der Waals surface area contributed by atoms with E-state index < -0.39 is 19.0 Å². The number of benzene rings is 2. The van der Waals surface area contributed by atoms with Crippen molar-refractivity contribution in [3.05, 3.63) is 69.7 Å². The molecule has 0 amide bonds. The lowest BCUT2D eigenvalue weighted by Crippen LogP contribution is -2.43. The molecule has 150 valence electrons. The van der Waals surface area contributed by atoms with Crippen LogP contribution in [0.3, 0.4) is 0 Å². The van der Waals surface area contributed by atoms with E-state index in [9.17, 15) is 4.57 Å². The van der Waals surface area contributed by atoms with Crippen molar-refractivity contribution in [2.45, 2.75) is 25.2 Å². The van der Waals surface area contributed by atoms with E-state index in [0.29, 0.717) is 21.2 Å². The summed E-state index contributed by atoms with van der Waals surface area (Å²) in [6.07, 6.45) is -0.851.